The van der Waals surface area contributed by atoms with Gasteiger partial charge in [-0.05, 0) is 32.7 Å². The third-order valence-corrected chi connectivity index (χ3v) is 2.16. The Bertz CT molecular complexity index is 110. The Kier molecular flexibility index (Phi) is 2.29. The van der Waals surface area contributed by atoms with E-state index in [9.17, 15) is 0 Å². The zero-order chi connectivity index (χ0) is 6.69. The van der Waals surface area contributed by atoms with Gasteiger partial charge < -0.3 is 5.32 Å². The molecule has 1 N–H and O–H groups in total. The van der Waals surface area contributed by atoms with Crippen molar-refractivity contribution >= 4 is 0 Å². The monoisotopic (exact) mass is 125 g/mol. The van der Waals surface area contributed by atoms with Crippen molar-refractivity contribution in [3.05, 3.63) is 11.6 Å². The van der Waals surface area contributed by atoms with Gasteiger partial charge in [-0.3, -0.25) is 0 Å². The molecule has 0 aromatic heterocycles. The Labute approximate surface area is 57.1 Å². The third-order valence-electron chi connectivity index (χ3n) is 2.16. The first kappa shape index (κ1) is 6.81. The summed E-state index contributed by atoms with van der Waals surface area (Å²) in [5.41, 5.74) is 1.54. The maximum absolute atomic E-state index is 3.35. The zero-order valence-electron chi connectivity index (χ0n) is 6.28. The van der Waals surface area contributed by atoms with Crippen LogP contribution in [0.5, 0.6) is 0 Å². The van der Waals surface area contributed by atoms with Gasteiger partial charge in [-0.1, -0.05) is 11.6 Å². The molecule has 1 aliphatic rings. The molecule has 1 atom stereocenters. The first-order valence-corrected chi connectivity index (χ1v) is 3.68. The summed E-state index contributed by atoms with van der Waals surface area (Å²) in [6.07, 6.45) is 3.55. The Morgan fingerprint density at radius 3 is 2.89 bits per heavy atom. The molecule has 1 fully saturated rings. The Morgan fingerprint density at radius 1 is 1.67 bits per heavy atom. The maximum atomic E-state index is 3.35. The maximum Gasteiger partial charge on any atom is 0.00172 e. The minimum absolute atomic E-state index is 0.829. The average molecular weight is 125 g/mol. The highest BCUT2D eigenvalue weighted by Gasteiger charge is 2.14. The quantitative estimate of drug-likeness (QED) is 0.524. The van der Waals surface area contributed by atoms with E-state index in [0.717, 1.165) is 5.92 Å². The summed E-state index contributed by atoms with van der Waals surface area (Å²) in [5.74, 6) is 0.829. The highest BCUT2D eigenvalue weighted by atomic mass is 14.9. The number of allylic oxidation sites excluding steroid dienone is 1. The molecule has 1 aliphatic heterocycles. The van der Waals surface area contributed by atoms with Crippen molar-refractivity contribution < 1.29 is 0 Å². The van der Waals surface area contributed by atoms with Gasteiger partial charge in [-0.15, -0.1) is 0 Å². The molecule has 0 saturated carbocycles. The van der Waals surface area contributed by atoms with E-state index in [1.807, 2.05) is 0 Å². The van der Waals surface area contributed by atoms with E-state index in [-0.39, 0.29) is 0 Å². The standard InChI is InChI=1S/C8H15N/c1-3-7(2)8-4-5-9-6-8/h3,8-9H,4-6H2,1-2H3/b7-3+. The second kappa shape index (κ2) is 3.02. The molecule has 1 unspecified atom stereocenters. The van der Waals surface area contributed by atoms with E-state index < -0.39 is 0 Å². The van der Waals surface area contributed by atoms with E-state index in [4.69, 9.17) is 0 Å². The van der Waals surface area contributed by atoms with Crippen LogP contribution in [0.15, 0.2) is 11.6 Å². The van der Waals surface area contributed by atoms with E-state index in [1.54, 1.807) is 5.57 Å². The summed E-state index contributed by atoms with van der Waals surface area (Å²) < 4.78 is 0. The van der Waals surface area contributed by atoms with Crippen LogP contribution in [0.4, 0.5) is 0 Å². The number of rotatable bonds is 1. The average Bonchev–Trinajstić information content (AvgIpc) is 2.37. The van der Waals surface area contributed by atoms with Crippen LogP contribution >= 0.6 is 0 Å². The first-order chi connectivity index (χ1) is 4.34. The minimum atomic E-state index is 0.829. The molecule has 1 rings (SSSR count). The third kappa shape index (κ3) is 1.55. The minimum Gasteiger partial charge on any atom is -0.316 e. The second-order valence-electron chi connectivity index (χ2n) is 2.72. The molecule has 0 spiro atoms. The summed E-state index contributed by atoms with van der Waals surface area (Å²) in [4.78, 5) is 0. The molecule has 0 aromatic rings. The summed E-state index contributed by atoms with van der Waals surface area (Å²) in [6.45, 7) is 6.73. The van der Waals surface area contributed by atoms with Crippen molar-refractivity contribution in [1.29, 1.82) is 0 Å². The van der Waals surface area contributed by atoms with Gasteiger partial charge in [0.25, 0.3) is 0 Å². The van der Waals surface area contributed by atoms with Crippen LogP contribution in [-0.4, -0.2) is 13.1 Å². The molecule has 0 radical (unpaired) electrons. The zero-order valence-corrected chi connectivity index (χ0v) is 6.28. The van der Waals surface area contributed by atoms with Crippen molar-refractivity contribution in [2.24, 2.45) is 5.92 Å². The largest absolute Gasteiger partial charge is 0.316 e. The predicted octanol–water partition coefficient (Wildman–Crippen LogP) is 1.56. The normalized spacial score (nSPS) is 29.1. The Hall–Kier alpha value is -0.300. The second-order valence-corrected chi connectivity index (χ2v) is 2.72. The van der Waals surface area contributed by atoms with Gasteiger partial charge in [-0.2, -0.15) is 0 Å². The SMILES string of the molecule is C/C=C(\C)C1CCNC1. The van der Waals surface area contributed by atoms with Crippen LogP contribution < -0.4 is 5.32 Å². The number of hydrogen-bond donors (Lipinski definition) is 1. The number of hydrogen-bond acceptors (Lipinski definition) is 1. The van der Waals surface area contributed by atoms with Gasteiger partial charge in [0.1, 0.15) is 0 Å². The molecule has 1 heterocycles. The molecule has 0 aromatic carbocycles. The van der Waals surface area contributed by atoms with Gasteiger partial charge in [0.2, 0.25) is 0 Å². The van der Waals surface area contributed by atoms with Gasteiger partial charge >= 0.3 is 0 Å². The fourth-order valence-corrected chi connectivity index (χ4v) is 1.28. The molecule has 1 heteroatoms. The van der Waals surface area contributed by atoms with Crippen LogP contribution in [0.3, 0.4) is 0 Å². The lowest BCUT2D eigenvalue weighted by Crippen LogP contribution is -2.09. The highest BCUT2D eigenvalue weighted by Crippen LogP contribution is 2.16. The lowest BCUT2D eigenvalue weighted by atomic mass is 10.0. The fourth-order valence-electron chi connectivity index (χ4n) is 1.28. The van der Waals surface area contributed by atoms with E-state index in [1.165, 1.54) is 19.5 Å². The van der Waals surface area contributed by atoms with Crippen molar-refractivity contribution in [2.45, 2.75) is 20.3 Å². The fraction of sp³-hybridized carbons (Fsp3) is 0.750. The lowest BCUT2D eigenvalue weighted by Gasteiger charge is -2.06. The molecule has 1 nitrogen and oxygen atoms in total. The summed E-state index contributed by atoms with van der Waals surface area (Å²) in [6, 6.07) is 0. The first-order valence-electron chi connectivity index (χ1n) is 3.68. The van der Waals surface area contributed by atoms with Gasteiger partial charge in [0.15, 0.2) is 0 Å². The predicted molar refractivity (Wildman–Crippen MR) is 40.4 cm³/mol. The van der Waals surface area contributed by atoms with Crippen LogP contribution in [0, 0.1) is 5.92 Å². The number of nitrogens with one attached hydrogen (secondary N) is 1. The summed E-state index contributed by atoms with van der Waals surface area (Å²) in [7, 11) is 0. The van der Waals surface area contributed by atoms with Crippen molar-refractivity contribution in [1.82, 2.24) is 5.32 Å². The lowest BCUT2D eigenvalue weighted by molar-refractivity contribution is 0.680. The topological polar surface area (TPSA) is 12.0 Å². The molecule has 52 valence electrons. The Morgan fingerprint density at radius 2 is 2.44 bits per heavy atom. The summed E-state index contributed by atoms with van der Waals surface area (Å²) in [5, 5.41) is 3.35. The van der Waals surface area contributed by atoms with Crippen molar-refractivity contribution in [2.75, 3.05) is 13.1 Å². The Balaban J connectivity index is 2.42. The highest BCUT2D eigenvalue weighted by molar-refractivity contribution is 5.04. The van der Waals surface area contributed by atoms with Gasteiger partial charge in [0, 0.05) is 6.54 Å². The van der Waals surface area contributed by atoms with Crippen molar-refractivity contribution in [3.63, 3.8) is 0 Å². The smallest absolute Gasteiger partial charge is 0.00172 e. The van der Waals surface area contributed by atoms with Gasteiger partial charge in [-0.25, -0.2) is 0 Å². The summed E-state index contributed by atoms with van der Waals surface area (Å²) >= 11 is 0. The van der Waals surface area contributed by atoms with Crippen LogP contribution in [0.1, 0.15) is 20.3 Å². The van der Waals surface area contributed by atoms with Crippen LogP contribution in [0.25, 0.3) is 0 Å². The van der Waals surface area contributed by atoms with Crippen LogP contribution in [0.2, 0.25) is 0 Å². The molecular formula is C8H15N. The molecule has 0 bridgehead atoms. The van der Waals surface area contributed by atoms with Crippen molar-refractivity contribution in [3.8, 4) is 0 Å². The molecule has 9 heavy (non-hydrogen) atoms. The van der Waals surface area contributed by atoms with Crippen LogP contribution in [-0.2, 0) is 0 Å². The molecular weight excluding hydrogens is 110 g/mol. The van der Waals surface area contributed by atoms with E-state index in [0.29, 0.717) is 0 Å². The van der Waals surface area contributed by atoms with E-state index >= 15 is 0 Å². The molecule has 0 amide bonds. The van der Waals surface area contributed by atoms with E-state index in [2.05, 4.69) is 25.2 Å². The van der Waals surface area contributed by atoms with Gasteiger partial charge in [0.05, 0.1) is 0 Å². The molecule has 1 saturated heterocycles. The molecule has 0 aliphatic carbocycles.